The van der Waals surface area contributed by atoms with E-state index >= 15 is 0 Å². The second-order valence-corrected chi connectivity index (χ2v) is 8.42. The molecular formula is C20H16N2O3S2. The number of fused-ring (bicyclic) bond motifs is 1. The lowest BCUT2D eigenvalue weighted by molar-refractivity contribution is 0.414. The first kappa shape index (κ1) is 17.5. The van der Waals surface area contributed by atoms with E-state index < -0.39 is 10.0 Å². The molecule has 0 aliphatic rings. The number of sulfonamides is 1. The van der Waals surface area contributed by atoms with Gasteiger partial charge in [-0.3, -0.25) is 4.72 Å². The Morgan fingerprint density at radius 1 is 0.963 bits per heavy atom. The van der Waals surface area contributed by atoms with Crippen molar-refractivity contribution in [2.45, 2.75) is 4.90 Å². The van der Waals surface area contributed by atoms with E-state index in [4.69, 9.17) is 4.74 Å². The van der Waals surface area contributed by atoms with Gasteiger partial charge in [0, 0.05) is 10.9 Å². The fourth-order valence-corrected chi connectivity index (χ4v) is 4.70. The summed E-state index contributed by atoms with van der Waals surface area (Å²) < 4.78 is 32.7. The topological polar surface area (TPSA) is 68.3 Å². The summed E-state index contributed by atoms with van der Waals surface area (Å²) in [6.45, 7) is 0. The van der Waals surface area contributed by atoms with Gasteiger partial charge in [-0.1, -0.05) is 36.4 Å². The molecule has 0 aliphatic carbocycles. The lowest BCUT2D eigenvalue weighted by Gasteiger charge is -2.06. The SMILES string of the molecule is COc1ccc(S(=O)(=O)Nc2nc(-c3ccc4ccccc4c3)cs2)cc1. The molecule has 0 bridgehead atoms. The zero-order valence-corrected chi connectivity index (χ0v) is 16.0. The Hall–Kier alpha value is -2.90. The van der Waals surface area contributed by atoms with E-state index in [2.05, 4.69) is 15.8 Å². The van der Waals surface area contributed by atoms with Gasteiger partial charge in [-0.05, 0) is 41.1 Å². The molecule has 136 valence electrons. The van der Waals surface area contributed by atoms with Gasteiger partial charge in [0.05, 0.1) is 17.7 Å². The average Bonchev–Trinajstić information content (AvgIpc) is 3.15. The van der Waals surface area contributed by atoms with Crippen LogP contribution in [0.3, 0.4) is 0 Å². The van der Waals surface area contributed by atoms with E-state index in [-0.39, 0.29) is 4.90 Å². The predicted molar refractivity (Wildman–Crippen MR) is 109 cm³/mol. The molecule has 0 amide bonds. The van der Waals surface area contributed by atoms with Crippen molar-refractivity contribution in [3.63, 3.8) is 0 Å². The van der Waals surface area contributed by atoms with Crippen LogP contribution in [0.1, 0.15) is 0 Å². The van der Waals surface area contributed by atoms with E-state index in [1.165, 1.54) is 30.6 Å². The van der Waals surface area contributed by atoms with Crippen molar-refractivity contribution in [1.29, 1.82) is 0 Å². The van der Waals surface area contributed by atoms with Crippen molar-refractivity contribution in [2.24, 2.45) is 0 Å². The molecule has 1 N–H and O–H groups in total. The molecule has 0 aliphatic heterocycles. The molecule has 5 nitrogen and oxygen atoms in total. The third-order valence-electron chi connectivity index (χ3n) is 4.14. The van der Waals surface area contributed by atoms with Crippen LogP contribution in [0, 0.1) is 0 Å². The quantitative estimate of drug-likeness (QED) is 0.527. The number of methoxy groups -OCH3 is 1. The average molecular weight is 396 g/mol. The standard InChI is InChI=1S/C20H16N2O3S2/c1-25-17-8-10-18(11-9-17)27(23,24)22-20-21-19(13-26-20)16-7-6-14-4-2-3-5-15(14)12-16/h2-13H,1H3,(H,21,22). The highest BCUT2D eigenvalue weighted by molar-refractivity contribution is 7.93. The fourth-order valence-electron chi connectivity index (χ4n) is 2.73. The van der Waals surface area contributed by atoms with Gasteiger partial charge in [-0.15, -0.1) is 11.3 Å². The molecule has 0 radical (unpaired) electrons. The Bertz CT molecular complexity index is 1200. The number of rotatable bonds is 5. The molecule has 0 atom stereocenters. The highest BCUT2D eigenvalue weighted by Crippen LogP contribution is 2.29. The third kappa shape index (κ3) is 3.65. The fraction of sp³-hybridized carbons (Fsp3) is 0.0500. The van der Waals surface area contributed by atoms with Gasteiger partial charge < -0.3 is 4.74 Å². The van der Waals surface area contributed by atoms with Gasteiger partial charge in [-0.25, -0.2) is 13.4 Å². The van der Waals surface area contributed by atoms with Crippen LogP contribution in [0.2, 0.25) is 0 Å². The first-order valence-corrected chi connectivity index (χ1v) is 10.5. The van der Waals surface area contributed by atoms with Crippen molar-refractivity contribution in [1.82, 2.24) is 4.98 Å². The summed E-state index contributed by atoms with van der Waals surface area (Å²) in [5.41, 5.74) is 1.68. The molecular weight excluding hydrogens is 380 g/mol. The lowest BCUT2D eigenvalue weighted by atomic mass is 10.1. The Balaban J connectivity index is 1.59. The monoisotopic (exact) mass is 396 g/mol. The zero-order valence-electron chi connectivity index (χ0n) is 14.4. The molecule has 0 unspecified atom stereocenters. The van der Waals surface area contributed by atoms with Crippen LogP contribution >= 0.6 is 11.3 Å². The van der Waals surface area contributed by atoms with Crippen LogP contribution < -0.4 is 9.46 Å². The predicted octanol–water partition coefficient (Wildman–Crippen LogP) is 4.77. The maximum Gasteiger partial charge on any atom is 0.263 e. The first-order chi connectivity index (χ1) is 13.0. The van der Waals surface area contributed by atoms with Crippen LogP contribution in [-0.4, -0.2) is 20.5 Å². The molecule has 0 saturated carbocycles. The normalized spacial score (nSPS) is 11.4. The number of hydrogen-bond donors (Lipinski definition) is 1. The maximum atomic E-state index is 12.5. The Morgan fingerprint density at radius 2 is 1.70 bits per heavy atom. The minimum Gasteiger partial charge on any atom is -0.497 e. The Labute approximate surface area is 161 Å². The third-order valence-corrected chi connectivity index (χ3v) is 6.38. The van der Waals surface area contributed by atoms with Gasteiger partial charge >= 0.3 is 0 Å². The summed E-state index contributed by atoms with van der Waals surface area (Å²) in [5.74, 6) is 0.599. The minimum absolute atomic E-state index is 0.158. The summed E-state index contributed by atoms with van der Waals surface area (Å²) >= 11 is 1.25. The van der Waals surface area contributed by atoms with Crippen LogP contribution in [0.25, 0.3) is 22.0 Å². The van der Waals surface area contributed by atoms with Gasteiger partial charge in [0.2, 0.25) is 0 Å². The summed E-state index contributed by atoms with van der Waals surface area (Å²) in [6, 6.07) is 20.4. The second kappa shape index (κ2) is 7.02. The molecule has 3 aromatic carbocycles. The summed E-state index contributed by atoms with van der Waals surface area (Å²) in [4.78, 5) is 4.59. The number of anilines is 1. The lowest BCUT2D eigenvalue weighted by Crippen LogP contribution is -2.12. The Kier molecular flexibility index (Phi) is 4.55. The maximum absolute atomic E-state index is 12.5. The smallest absolute Gasteiger partial charge is 0.263 e. The number of hydrogen-bond acceptors (Lipinski definition) is 5. The highest BCUT2D eigenvalue weighted by atomic mass is 32.2. The summed E-state index contributed by atoms with van der Waals surface area (Å²) in [5, 5.41) is 4.44. The van der Waals surface area contributed by atoms with Crippen molar-refractivity contribution in [3.8, 4) is 17.0 Å². The number of nitrogens with zero attached hydrogens (tertiary/aromatic N) is 1. The van der Waals surface area contributed by atoms with Gasteiger partial charge in [0.1, 0.15) is 5.75 Å². The van der Waals surface area contributed by atoms with E-state index in [1.807, 2.05) is 41.8 Å². The van der Waals surface area contributed by atoms with Crippen molar-refractivity contribution >= 4 is 37.3 Å². The highest BCUT2D eigenvalue weighted by Gasteiger charge is 2.16. The minimum atomic E-state index is -3.70. The molecule has 0 saturated heterocycles. The van der Waals surface area contributed by atoms with E-state index in [1.54, 1.807) is 12.1 Å². The number of nitrogens with one attached hydrogen (secondary N) is 1. The van der Waals surface area contributed by atoms with Crippen LogP contribution in [-0.2, 0) is 10.0 Å². The molecule has 7 heteroatoms. The molecule has 1 aromatic heterocycles. The number of ether oxygens (including phenoxy) is 1. The van der Waals surface area contributed by atoms with Crippen LogP contribution in [0.15, 0.2) is 77.0 Å². The van der Waals surface area contributed by atoms with Gasteiger partial charge in [-0.2, -0.15) is 0 Å². The zero-order chi connectivity index (χ0) is 18.9. The van der Waals surface area contributed by atoms with E-state index in [0.29, 0.717) is 10.9 Å². The second-order valence-electron chi connectivity index (χ2n) is 5.88. The van der Waals surface area contributed by atoms with Crippen LogP contribution in [0.5, 0.6) is 5.75 Å². The van der Waals surface area contributed by atoms with E-state index in [0.717, 1.165) is 22.0 Å². The van der Waals surface area contributed by atoms with Gasteiger partial charge in [0.15, 0.2) is 5.13 Å². The molecule has 0 spiro atoms. The van der Waals surface area contributed by atoms with E-state index in [9.17, 15) is 8.42 Å². The first-order valence-electron chi connectivity index (χ1n) is 8.17. The largest absolute Gasteiger partial charge is 0.497 e. The molecule has 27 heavy (non-hydrogen) atoms. The molecule has 4 aromatic rings. The molecule has 1 heterocycles. The summed E-state index contributed by atoms with van der Waals surface area (Å²) in [7, 11) is -2.17. The Morgan fingerprint density at radius 3 is 2.44 bits per heavy atom. The number of aromatic nitrogens is 1. The molecule has 0 fully saturated rings. The number of thiazole rings is 1. The van der Waals surface area contributed by atoms with Crippen molar-refractivity contribution < 1.29 is 13.2 Å². The van der Waals surface area contributed by atoms with Crippen molar-refractivity contribution in [2.75, 3.05) is 11.8 Å². The van der Waals surface area contributed by atoms with Crippen molar-refractivity contribution in [3.05, 3.63) is 72.1 Å². The molecule has 4 rings (SSSR count). The number of benzene rings is 3. The van der Waals surface area contributed by atoms with Gasteiger partial charge in [0.25, 0.3) is 10.0 Å². The summed E-state index contributed by atoms with van der Waals surface area (Å²) in [6.07, 6.45) is 0. The van der Waals surface area contributed by atoms with Crippen LogP contribution in [0.4, 0.5) is 5.13 Å².